The topological polar surface area (TPSA) is 95.7 Å². The average molecular weight is 241 g/mol. The molecule has 6 nitrogen and oxygen atoms in total. The number of benzene rings is 1. The van der Waals surface area contributed by atoms with Gasteiger partial charge in [0.25, 0.3) is 0 Å². The van der Waals surface area contributed by atoms with Crippen molar-refractivity contribution in [3.63, 3.8) is 0 Å². The normalized spacial score (nSPS) is 18.1. The molecule has 7 heteroatoms. The quantitative estimate of drug-likeness (QED) is 0.687. The standard InChI is InChI=1S/C9H11N3O3S/c10-5-7-1-3-8(4-2-7)12-6-9(13)11-16(12,14)15/h1-4,6,11,13H,5,10H2. The van der Waals surface area contributed by atoms with Crippen LogP contribution in [0, 0.1) is 0 Å². The SMILES string of the molecule is NCc1ccc(N2C=C(O)NS2(=O)=O)cc1. The third-order valence-electron chi connectivity index (χ3n) is 2.16. The van der Waals surface area contributed by atoms with Crippen LogP contribution in [0.25, 0.3) is 0 Å². The second-order valence-electron chi connectivity index (χ2n) is 3.29. The van der Waals surface area contributed by atoms with Gasteiger partial charge in [-0.25, -0.2) is 9.03 Å². The van der Waals surface area contributed by atoms with Crippen molar-refractivity contribution in [3.8, 4) is 0 Å². The second-order valence-corrected chi connectivity index (χ2v) is 4.84. The Kier molecular flexibility index (Phi) is 2.49. The summed E-state index contributed by atoms with van der Waals surface area (Å²) in [6.07, 6.45) is 1.10. The van der Waals surface area contributed by atoms with E-state index in [1.165, 1.54) is 0 Å². The van der Waals surface area contributed by atoms with Gasteiger partial charge in [-0.1, -0.05) is 12.1 Å². The molecule has 0 aliphatic carbocycles. The summed E-state index contributed by atoms with van der Waals surface area (Å²) in [7, 11) is -3.70. The van der Waals surface area contributed by atoms with Crippen LogP contribution < -0.4 is 14.8 Å². The summed E-state index contributed by atoms with van der Waals surface area (Å²) in [6, 6.07) is 6.70. The Labute approximate surface area is 93.2 Å². The lowest BCUT2D eigenvalue weighted by Gasteiger charge is -2.13. The van der Waals surface area contributed by atoms with Crippen molar-refractivity contribution in [2.24, 2.45) is 5.73 Å². The molecule has 1 aromatic rings. The first-order chi connectivity index (χ1) is 7.53. The van der Waals surface area contributed by atoms with Gasteiger partial charge in [0, 0.05) is 6.54 Å². The predicted molar refractivity (Wildman–Crippen MR) is 59.6 cm³/mol. The lowest BCUT2D eigenvalue weighted by atomic mass is 10.2. The van der Waals surface area contributed by atoms with Gasteiger partial charge in [-0.15, -0.1) is 0 Å². The first-order valence-electron chi connectivity index (χ1n) is 4.55. The molecule has 0 bridgehead atoms. The van der Waals surface area contributed by atoms with Gasteiger partial charge in [-0.2, -0.15) is 8.42 Å². The second kappa shape index (κ2) is 3.69. The molecule has 1 aromatic carbocycles. The van der Waals surface area contributed by atoms with E-state index in [9.17, 15) is 8.42 Å². The highest BCUT2D eigenvalue weighted by molar-refractivity contribution is 7.91. The summed E-state index contributed by atoms with van der Waals surface area (Å²) in [5.74, 6) is -0.400. The Hall–Kier alpha value is -1.73. The molecule has 0 radical (unpaired) electrons. The smallest absolute Gasteiger partial charge is 0.330 e. The Morgan fingerprint density at radius 2 is 1.94 bits per heavy atom. The molecule has 1 aliphatic heterocycles. The Balaban J connectivity index is 2.37. The summed E-state index contributed by atoms with van der Waals surface area (Å²) < 4.78 is 25.9. The fourth-order valence-electron chi connectivity index (χ4n) is 1.38. The maximum atomic E-state index is 11.5. The third kappa shape index (κ3) is 1.82. The van der Waals surface area contributed by atoms with E-state index in [0.717, 1.165) is 16.1 Å². The van der Waals surface area contributed by atoms with E-state index >= 15 is 0 Å². The third-order valence-corrected chi connectivity index (χ3v) is 3.46. The number of aliphatic hydroxyl groups excluding tert-OH is 1. The molecule has 1 aliphatic rings. The zero-order valence-corrected chi connectivity index (χ0v) is 9.11. The van der Waals surface area contributed by atoms with Crippen LogP contribution in [0.4, 0.5) is 5.69 Å². The zero-order chi connectivity index (χ0) is 11.8. The van der Waals surface area contributed by atoms with Gasteiger partial charge < -0.3 is 10.8 Å². The molecular weight excluding hydrogens is 230 g/mol. The Morgan fingerprint density at radius 3 is 2.38 bits per heavy atom. The minimum atomic E-state index is -3.70. The van der Waals surface area contributed by atoms with Crippen molar-refractivity contribution >= 4 is 15.9 Å². The van der Waals surface area contributed by atoms with Crippen LogP contribution in [0.5, 0.6) is 0 Å². The van der Waals surface area contributed by atoms with Crippen molar-refractivity contribution in [2.75, 3.05) is 4.31 Å². The van der Waals surface area contributed by atoms with Crippen LogP contribution in [0.3, 0.4) is 0 Å². The van der Waals surface area contributed by atoms with Crippen LogP contribution in [0.2, 0.25) is 0 Å². The van der Waals surface area contributed by atoms with Crippen molar-refractivity contribution in [3.05, 3.63) is 41.9 Å². The molecule has 0 fully saturated rings. The van der Waals surface area contributed by atoms with Gasteiger partial charge in [0.15, 0.2) is 0 Å². The van der Waals surface area contributed by atoms with Crippen LogP contribution in [0.1, 0.15) is 5.56 Å². The highest BCUT2D eigenvalue weighted by atomic mass is 32.2. The van der Waals surface area contributed by atoms with Gasteiger partial charge in [0.1, 0.15) is 0 Å². The Bertz CT molecular complexity index is 521. The van der Waals surface area contributed by atoms with Crippen LogP contribution in [-0.2, 0) is 16.8 Å². The van der Waals surface area contributed by atoms with E-state index < -0.39 is 16.1 Å². The molecule has 0 aromatic heterocycles. The monoisotopic (exact) mass is 241 g/mol. The highest BCUT2D eigenvalue weighted by Crippen LogP contribution is 2.22. The lowest BCUT2D eigenvalue weighted by Crippen LogP contribution is -2.29. The number of hydrogen-bond acceptors (Lipinski definition) is 4. The fourth-order valence-corrected chi connectivity index (χ4v) is 2.43. The van der Waals surface area contributed by atoms with Crippen LogP contribution in [0.15, 0.2) is 36.3 Å². The van der Waals surface area contributed by atoms with Crippen LogP contribution >= 0.6 is 0 Å². The number of anilines is 1. The summed E-state index contributed by atoms with van der Waals surface area (Å²) in [5.41, 5.74) is 6.78. The van der Waals surface area contributed by atoms with Gasteiger partial charge in [0.2, 0.25) is 5.88 Å². The number of nitrogens with one attached hydrogen (secondary N) is 1. The molecule has 0 atom stereocenters. The largest absolute Gasteiger partial charge is 0.493 e. The van der Waals surface area contributed by atoms with Crippen molar-refractivity contribution in [1.82, 2.24) is 4.72 Å². The van der Waals surface area contributed by atoms with E-state index in [0.29, 0.717) is 12.2 Å². The highest BCUT2D eigenvalue weighted by Gasteiger charge is 2.28. The first-order valence-corrected chi connectivity index (χ1v) is 5.99. The van der Waals surface area contributed by atoms with Crippen LogP contribution in [-0.4, -0.2) is 13.5 Å². The maximum absolute atomic E-state index is 11.5. The number of nitrogens with zero attached hydrogens (tertiary/aromatic N) is 1. The number of rotatable bonds is 2. The molecule has 2 rings (SSSR count). The van der Waals surface area contributed by atoms with Gasteiger partial charge in [-0.3, -0.25) is 0 Å². The van der Waals surface area contributed by atoms with Gasteiger partial charge in [0.05, 0.1) is 11.9 Å². The summed E-state index contributed by atoms with van der Waals surface area (Å²) in [6.45, 7) is 0.395. The summed E-state index contributed by atoms with van der Waals surface area (Å²) in [4.78, 5) is 0. The molecule has 4 N–H and O–H groups in total. The fraction of sp³-hybridized carbons (Fsp3) is 0.111. The molecule has 0 saturated carbocycles. The molecule has 0 amide bonds. The lowest BCUT2D eigenvalue weighted by molar-refractivity contribution is 0.392. The molecule has 0 unspecified atom stereocenters. The van der Waals surface area contributed by atoms with E-state index in [1.54, 1.807) is 24.3 Å². The van der Waals surface area contributed by atoms with E-state index in [2.05, 4.69) is 0 Å². The summed E-state index contributed by atoms with van der Waals surface area (Å²) in [5, 5.41) is 9.11. The first kappa shape index (κ1) is 10.8. The number of aliphatic hydroxyl groups is 1. The van der Waals surface area contributed by atoms with Gasteiger partial charge >= 0.3 is 10.2 Å². The molecular formula is C9H11N3O3S. The minimum absolute atomic E-state index is 0.395. The zero-order valence-electron chi connectivity index (χ0n) is 8.29. The molecule has 1 heterocycles. The molecule has 0 saturated heterocycles. The average Bonchev–Trinajstić information content (AvgIpc) is 2.52. The molecule has 16 heavy (non-hydrogen) atoms. The van der Waals surface area contributed by atoms with Crippen molar-refractivity contribution in [2.45, 2.75) is 6.54 Å². The van der Waals surface area contributed by atoms with Crippen molar-refractivity contribution < 1.29 is 13.5 Å². The minimum Gasteiger partial charge on any atom is -0.493 e. The molecule has 0 spiro atoms. The summed E-state index contributed by atoms with van der Waals surface area (Å²) >= 11 is 0. The van der Waals surface area contributed by atoms with E-state index in [-0.39, 0.29) is 0 Å². The predicted octanol–water partition coefficient (Wildman–Crippen LogP) is 0.157. The van der Waals surface area contributed by atoms with Crippen molar-refractivity contribution in [1.29, 1.82) is 0 Å². The van der Waals surface area contributed by atoms with Gasteiger partial charge in [-0.05, 0) is 17.7 Å². The number of nitrogens with two attached hydrogens (primary N) is 1. The van der Waals surface area contributed by atoms with E-state index in [1.807, 2.05) is 4.72 Å². The number of hydrogen-bond donors (Lipinski definition) is 3. The maximum Gasteiger partial charge on any atom is 0.330 e. The Morgan fingerprint density at radius 1 is 1.31 bits per heavy atom. The van der Waals surface area contributed by atoms with E-state index in [4.69, 9.17) is 10.8 Å². The molecule has 86 valence electrons.